The Balaban J connectivity index is 0.00000729. The third kappa shape index (κ3) is 11.2. The van der Waals surface area contributed by atoms with Gasteiger partial charge in [0, 0.05) is 28.2 Å². The van der Waals surface area contributed by atoms with Gasteiger partial charge in [0.1, 0.15) is 0 Å². The summed E-state index contributed by atoms with van der Waals surface area (Å²) >= 11 is 0. The first kappa shape index (κ1) is 38.5. The molecule has 332 valence electrons. The summed E-state index contributed by atoms with van der Waals surface area (Å²) in [4.78, 5) is 13.6. The van der Waals surface area contributed by atoms with E-state index in [0.29, 0.717) is 29.7 Å². The Morgan fingerprint density at radius 1 is 0.478 bits per heavy atom. The number of rotatable bonds is 14. The van der Waals surface area contributed by atoms with Crippen LogP contribution in [0.1, 0.15) is 81.8 Å². The number of nitrogens with zero attached hydrogens (tertiary/aromatic N) is 3. The van der Waals surface area contributed by atoms with Crippen LogP contribution >= 0.6 is 0 Å². The summed E-state index contributed by atoms with van der Waals surface area (Å²) in [6.07, 6.45) is 0.992. The number of pyridine rings is 3. The van der Waals surface area contributed by atoms with Gasteiger partial charge in [0.25, 0.3) is 0 Å². The van der Waals surface area contributed by atoms with E-state index in [1.807, 2.05) is 122 Å². The van der Waals surface area contributed by atoms with Crippen LogP contribution in [0.25, 0.3) is 56.0 Å². The number of aromatic nitrogens is 3. The summed E-state index contributed by atoms with van der Waals surface area (Å²) in [6.45, 7) is 8.18. The molecule has 0 aliphatic rings. The molecule has 3 heterocycles. The third-order valence-corrected chi connectivity index (χ3v) is 12.4. The van der Waals surface area contributed by atoms with Crippen LogP contribution < -0.4 is 0 Å². The normalized spacial score (nSPS) is 13.7. The molecule has 0 spiro atoms. The van der Waals surface area contributed by atoms with Crippen LogP contribution in [0, 0.1) is 32.0 Å². The fourth-order valence-corrected chi connectivity index (χ4v) is 8.73. The van der Waals surface area contributed by atoms with Crippen LogP contribution in [0.4, 0.5) is 0 Å². The molecule has 0 saturated carbocycles. The molecule has 0 aliphatic heterocycles. The molecule has 4 heteroatoms. The second-order valence-corrected chi connectivity index (χ2v) is 18.3. The molecule has 3 aromatic heterocycles. The molecule has 6 aromatic carbocycles. The summed E-state index contributed by atoms with van der Waals surface area (Å²) in [5.41, 5.74) is 12.2. The van der Waals surface area contributed by atoms with E-state index >= 15 is 0 Å². The van der Waals surface area contributed by atoms with Crippen LogP contribution in [0.3, 0.4) is 0 Å². The van der Waals surface area contributed by atoms with Crippen molar-refractivity contribution in [3.63, 3.8) is 0 Å². The first-order valence-electron chi connectivity index (χ1n) is 25.9. The van der Waals surface area contributed by atoms with Gasteiger partial charge in [-0.15, -0.1) is 106 Å². The van der Waals surface area contributed by atoms with Gasteiger partial charge < -0.3 is 15.0 Å². The maximum absolute atomic E-state index is 9.71. The molecule has 0 bridgehead atoms. The molecular weight excluding hydrogens is 991 g/mol. The third-order valence-electron chi connectivity index (χ3n) is 12.4. The number of hydrogen-bond acceptors (Lipinski definition) is 3. The molecule has 67 heavy (non-hydrogen) atoms. The van der Waals surface area contributed by atoms with Crippen molar-refractivity contribution in [2.45, 2.75) is 77.9 Å². The van der Waals surface area contributed by atoms with Crippen molar-refractivity contribution in [2.24, 2.45) is 0 Å². The Morgan fingerprint density at radius 3 is 1.55 bits per heavy atom. The Bertz CT molecular complexity index is 3250. The summed E-state index contributed by atoms with van der Waals surface area (Å²) in [7, 11) is 0. The predicted octanol–water partition coefficient (Wildman–Crippen LogP) is 15.0. The van der Waals surface area contributed by atoms with E-state index in [9.17, 15) is 5.48 Å². The van der Waals surface area contributed by atoms with Gasteiger partial charge in [0.2, 0.25) is 0 Å². The van der Waals surface area contributed by atoms with Crippen molar-refractivity contribution in [1.29, 1.82) is 0 Å². The second-order valence-electron chi connectivity index (χ2n) is 18.3. The predicted molar refractivity (Wildman–Crippen MR) is 273 cm³/mol. The molecule has 0 aliphatic carbocycles. The molecule has 0 saturated heterocycles. The van der Waals surface area contributed by atoms with Gasteiger partial charge in [0.05, 0.1) is 0 Å². The molecule has 0 amide bonds. The minimum absolute atomic E-state index is 0. The standard InChI is InChI=1S/C63H56N3.Ir/c1-44-36-54(50-14-8-7-9-15-50)28-33-57(44)58-40-61(66-43-45(58)2)53-22-20-46(21-23-53)18-19-47-37-48(41-62(3,4)55-29-24-51(25-30-55)59-16-10-12-34-64-59)39-49(38-47)42-63(5,6)56-31-26-52(27-32-56)60-17-11-13-35-65-60;/h7-17,20-22,24,26,28-40,43H,18-19,41-42H2,1-6H3;/q-3;+3/i2D3,18D2,19D2;. The SMILES string of the molecule is [2H]C([2H])([2H])c1cnc(-c2[c-]cc(C([2H])([2H])C([2H])([2H])c3cc(CC(C)(C)c4c[c-]c(-c5ccccn5)cc4)cc(CC(C)(C)c4c[c-]c(-c5ccccn5)cc4)c3)cc2)cc1-c1ccc(-c2ccccc2)cc1C.[Ir+3]. The molecule has 0 fully saturated rings. The van der Waals surface area contributed by atoms with E-state index in [1.54, 1.807) is 30.6 Å². The average molecular weight is 1050 g/mol. The number of aryl methyl sites for hydroxylation is 4. The maximum atomic E-state index is 9.71. The van der Waals surface area contributed by atoms with Crippen molar-refractivity contribution in [1.82, 2.24) is 15.0 Å². The zero-order valence-corrected chi connectivity index (χ0v) is 40.8. The van der Waals surface area contributed by atoms with Gasteiger partial charge in [0.15, 0.2) is 0 Å². The Kier molecular flexibility index (Phi) is 11.8. The van der Waals surface area contributed by atoms with Crippen LogP contribution in [0.15, 0.2) is 182 Å². The van der Waals surface area contributed by atoms with Crippen molar-refractivity contribution < 1.29 is 29.7 Å². The Morgan fingerprint density at radius 2 is 1.03 bits per heavy atom. The van der Waals surface area contributed by atoms with Crippen LogP contribution in [0.2, 0.25) is 0 Å². The monoisotopic (exact) mass is 1050 g/mol. The van der Waals surface area contributed by atoms with E-state index in [1.165, 1.54) is 12.3 Å². The van der Waals surface area contributed by atoms with Gasteiger partial charge in [-0.25, -0.2) is 0 Å². The summed E-state index contributed by atoms with van der Waals surface area (Å²) in [6, 6.07) is 62.2. The fraction of sp³-hybridized carbons (Fsp3) is 0.190. The molecular formula is C63H56IrN3. The van der Waals surface area contributed by atoms with Crippen molar-refractivity contribution in [2.75, 3.05) is 0 Å². The van der Waals surface area contributed by atoms with E-state index < -0.39 is 30.4 Å². The Hall–Kier alpha value is -6.58. The largest absolute Gasteiger partial charge is 3.00 e. The van der Waals surface area contributed by atoms with Gasteiger partial charge in [-0.1, -0.05) is 131 Å². The van der Waals surface area contributed by atoms with E-state index in [-0.39, 0.29) is 36.8 Å². The van der Waals surface area contributed by atoms with Gasteiger partial charge >= 0.3 is 20.1 Å². The van der Waals surface area contributed by atoms with Gasteiger partial charge in [-0.2, -0.15) is 0 Å². The van der Waals surface area contributed by atoms with E-state index in [0.717, 1.165) is 67.0 Å². The topological polar surface area (TPSA) is 38.7 Å². The summed E-state index contributed by atoms with van der Waals surface area (Å²) in [5, 5.41) is 0. The number of hydrogen-bond donors (Lipinski definition) is 0. The molecule has 0 radical (unpaired) electrons. The van der Waals surface area contributed by atoms with Crippen molar-refractivity contribution in [3.05, 3.63) is 245 Å². The molecule has 0 unspecified atom stereocenters. The minimum Gasteiger partial charge on any atom is -0.305 e. The second kappa shape index (κ2) is 20.5. The average Bonchev–Trinajstić information content (AvgIpc) is 3.38. The quantitative estimate of drug-likeness (QED) is 0.102. The summed E-state index contributed by atoms with van der Waals surface area (Å²) in [5.74, 6) is 0. The molecule has 3 nitrogen and oxygen atoms in total. The van der Waals surface area contributed by atoms with Crippen molar-refractivity contribution in [3.8, 4) is 56.0 Å². The first-order valence-corrected chi connectivity index (χ1v) is 22.4. The fourth-order valence-electron chi connectivity index (χ4n) is 8.73. The molecule has 9 rings (SSSR count). The maximum Gasteiger partial charge on any atom is 3.00 e. The smallest absolute Gasteiger partial charge is 0.305 e. The molecule has 0 N–H and O–H groups in total. The van der Waals surface area contributed by atoms with Gasteiger partial charge in [-0.3, -0.25) is 0 Å². The van der Waals surface area contributed by atoms with Crippen molar-refractivity contribution >= 4 is 0 Å². The van der Waals surface area contributed by atoms with Crippen LogP contribution in [-0.2, 0) is 56.5 Å². The van der Waals surface area contributed by atoms with E-state index in [4.69, 9.17) is 4.11 Å². The van der Waals surface area contributed by atoms with E-state index in [2.05, 4.69) is 85.1 Å². The van der Waals surface area contributed by atoms with Crippen LogP contribution in [0.5, 0.6) is 0 Å². The number of benzene rings is 6. The minimum atomic E-state index is -2.52. The zero-order chi connectivity index (χ0) is 51.8. The zero-order valence-electron chi connectivity index (χ0n) is 45.4. The Labute approximate surface area is 421 Å². The summed E-state index contributed by atoms with van der Waals surface area (Å²) < 4.78 is 63.6. The molecule has 9 aromatic rings. The first-order chi connectivity index (χ1) is 34.7. The van der Waals surface area contributed by atoms with Gasteiger partial charge in [-0.05, 0) is 123 Å². The van der Waals surface area contributed by atoms with Crippen LogP contribution in [-0.4, -0.2) is 15.0 Å². The molecule has 0 atom stereocenters.